The molecule has 0 bridgehead atoms. The van der Waals surface area contributed by atoms with Crippen molar-refractivity contribution in [3.63, 3.8) is 0 Å². The Balaban J connectivity index is 2.88. The van der Waals surface area contributed by atoms with E-state index in [9.17, 15) is 0 Å². The van der Waals surface area contributed by atoms with Crippen LogP contribution in [0.5, 0.6) is 0 Å². The topological polar surface area (TPSA) is 30.7 Å². The number of hydrogen-bond donors (Lipinski definition) is 0. The lowest BCUT2D eigenvalue weighted by atomic mass is 10.3. The largest absolute Gasteiger partial charge is 0.275 e. The molecule has 0 aliphatic carbocycles. The lowest BCUT2D eigenvalue weighted by molar-refractivity contribution is 0.778. The monoisotopic (exact) mass is 273 g/mol. The molecule has 62 valence electrons. The fraction of sp³-hybridized carbons (Fsp3) is 0.250. The summed E-state index contributed by atoms with van der Waals surface area (Å²) in [5, 5.41) is 5.47. The molecule has 0 aliphatic rings. The van der Waals surface area contributed by atoms with Crippen LogP contribution in [0.2, 0.25) is 0 Å². The third-order valence-corrected chi connectivity index (χ3v) is 2.30. The minimum absolute atomic E-state index is 0.998. The van der Waals surface area contributed by atoms with Crippen LogP contribution in [0.25, 0.3) is 10.9 Å². The number of aromatic nitrogens is 3. The number of halogens is 1. The van der Waals surface area contributed by atoms with Gasteiger partial charge in [0, 0.05) is 18.6 Å². The van der Waals surface area contributed by atoms with E-state index in [1.165, 1.54) is 0 Å². The van der Waals surface area contributed by atoms with Gasteiger partial charge in [-0.25, -0.2) is 4.98 Å². The van der Waals surface area contributed by atoms with E-state index >= 15 is 0 Å². The lowest BCUT2D eigenvalue weighted by Gasteiger charge is -1.93. The average molecular weight is 273 g/mol. The van der Waals surface area contributed by atoms with Gasteiger partial charge in [-0.3, -0.25) is 4.68 Å². The summed E-state index contributed by atoms with van der Waals surface area (Å²) in [5.74, 6) is 0. The van der Waals surface area contributed by atoms with Gasteiger partial charge in [0.2, 0.25) is 0 Å². The number of fused-ring (bicyclic) bond motifs is 1. The highest BCUT2D eigenvalue weighted by Gasteiger charge is 2.03. The van der Waals surface area contributed by atoms with Gasteiger partial charge in [0.25, 0.3) is 0 Å². The molecule has 0 fully saturated rings. The summed E-state index contributed by atoms with van der Waals surface area (Å²) in [5.41, 5.74) is 2.00. The molecule has 0 atom stereocenters. The molecule has 0 amide bonds. The van der Waals surface area contributed by atoms with Crippen LogP contribution in [0.1, 0.15) is 5.69 Å². The first-order chi connectivity index (χ1) is 5.66. The summed E-state index contributed by atoms with van der Waals surface area (Å²) < 4.78 is 2.83. The minimum atomic E-state index is 0.998. The molecule has 4 heteroatoms. The van der Waals surface area contributed by atoms with Crippen LogP contribution in [0.15, 0.2) is 12.3 Å². The molecule has 0 saturated carbocycles. The van der Waals surface area contributed by atoms with E-state index in [-0.39, 0.29) is 0 Å². The first kappa shape index (κ1) is 7.97. The van der Waals surface area contributed by atoms with Gasteiger partial charge < -0.3 is 0 Å². The highest BCUT2D eigenvalue weighted by atomic mass is 127. The van der Waals surface area contributed by atoms with Crippen LogP contribution >= 0.6 is 22.6 Å². The van der Waals surface area contributed by atoms with Crippen molar-refractivity contribution in [2.75, 3.05) is 0 Å². The second-order valence-corrected chi connectivity index (χ2v) is 3.88. The van der Waals surface area contributed by atoms with Gasteiger partial charge in [-0.2, -0.15) is 5.10 Å². The van der Waals surface area contributed by atoms with Crippen molar-refractivity contribution < 1.29 is 0 Å². The summed E-state index contributed by atoms with van der Waals surface area (Å²) in [4.78, 5) is 4.33. The molecule has 0 unspecified atom stereocenters. The first-order valence-corrected chi connectivity index (χ1v) is 4.71. The zero-order valence-electron chi connectivity index (χ0n) is 6.87. The Bertz CT molecular complexity index is 433. The molecule has 3 nitrogen and oxygen atoms in total. The molecule has 0 radical (unpaired) electrons. The molecule has 0 aromatic carbocycles. The number of rotatable bonds is 0. The summed E-state index contributed by atoms with van der Waals surface area (Å²) in [6.45, 7) is 1.98. The maximum absolute atomic E-state index is 4.33. The standard InChI is InChI=1S/C8H8IN3/c1-5-8-6(3-7(9)10-5)4-12(2)11-8/h3-4H,1-2H3. The van der Waals surface area contributed by atoms with Crippen LogP contribution < -0.4 is 0 Å². The van der Waals surface area contributed by atoms with Gasteiger partial charge in [-0.1, -0.05) is 0 Å². The fourth-order valence-corrected chi connectivity index (χ4v) is 1.96. The van der Waals surface area contributed by atoms with Crippen molar-refractivity contribution in [3.8, 4) is 0 Å². The second kappa shape index (κ2) is 2.69. The molecule has 12 heavy (non-hydrogen) atoms. The Morgan fingerprint density at radius 1 is 1.50 bits per heavy atom. The summed E-state index contributed by atoms with van der Waals surface area (Å²) in [6, 6.07) is 2.04. The third-order valence-electron chi connectivity index (χ3n) is 1.75. The number of aryl methyl sites for hydroxylation is 2. The zero-order valence-corrected chi connectivity index (χ0v) is 9.03. The van der Waals surface area contributed by atoms with Gasteiger partial charge >= 0.3 is 0 Å². The molecule has 2 heterocycles. The summed E-state index contributed by atoms with van der Waals surface area (Å²) >= 11 is 2.21. The maximum atomic E-state index is 4.33. The number of nitrogens with zero attached hydrogens (tertiary/aromatic N) is 3. The van der Waals surface area contributed by atoms with Crippen molar-refractivity contribution >= 4 is 33.5 Å². The van der Waals surface area contributed by atoms with Crippen molar-refractivity contribution in [2.24, 2.45) is 7.05 Å². The van der Waals surface area contributed by atoms with E-state index in [0.717, 1.165) is 20.3 Å². The van der Waals surface area contributed by atoms with Crippen LogP contribution in [-0.4, -0.2) is 14.8 Å². The van der Waals surface area contributed by atoms with Crippen LogP contribution in [0, 0.1) is 10.6 Å². The normalized spacial score (nSPS) is 10.9. The fourth-order valence-electron chi connectivity index (χ4n) is 1.27. The molecule has 2 aromatic heterocycles. The number of pyridine rings is 1. The minimum Gasteiger partial charge on any atom is -0.275 e. The van der Waals surface area contributed by atoms with Gasteiger partial charge in [-0.15, -0.1) is 0 Å². The van der Waals surface area contributed by atoms with Gasteiger partial charge in [-0.05, 0) is 35.6 Å². The molecule has 0 spiro atoms. The van der Waals surface area contributed by atoms with Gasteiger partial charge in [0.15, 0.2) is 0 Å². The Kier molecular flexibility index (Phi) is 1.79. The quantitative estimate of drug-likeness (QED) is 0.542. The molecular formula is C8H8IN3. The lowest BCUT2D eigenvalue weighted by Crippen LogP contribution is -1.88. The van der Waals surface area contributed by atoms with E-state index in [1.807, 2.05) is 30.9 Å². The SMILES string of the molecule is Cc1nc(I)cc2cn(C)nc12. The highest BCUT2D eigenvalue weighted by molar-refractivity contribution is 14.1. The average Bonchev–Trinajstić information content (AvgIpc) is 2.29. The van der Waals surface area contributed by atoms with Crippen molar-refractivity contribution in [1.82, 2.24) is 14.8 Å². The van der Waals surface area contributed by atoms with E-state index in [0.29, 0.717) is 0 Å². The second-order valence-electron chi connectivity index (χ2n) is 2.77. The van der Waals surface area contributed by atoms with Crippen LogP contribution in [-0.2, 0) is 7.05 Å². The Morgan fingerprint density at radius 2 is 2.25 bits per heavy atom. The first-order valence-electron chi connectivity index (χ1n) is 3.63. The smallest absolute Gasteiger partial charge is 0.114 e. The van der Waals surface area contributed by atoms with Crippen LogP contribution in [0.3, 0.4) is 0 Å². The van der Waals surface area contributed by atoms with Gasteiger partial charge in [0.1, 0.15) is 9.22 Å². The number of hydrogen-bond acceptors (Lipinski definition) is 2. The highest BCUT2D eigenvalue weighted by Crippen LogP contribution is 2.16. The van der Waals surface area contributed by atoms with Crippen LogP contribution in [0.4, 0.5) is 0 Å². The molecule has 2 rings (SSSR count). The Hall–Kier alpha value is -0.650. The van der Waals surface area contributed by atoms with Crippen molar-refractivity contribution in [2.45, 2.75) is 6.92 Å². The Labute approximate surface area is 83.9 Å². The van der Waals surface area contributed by atoms with E-state index in [1.54, 1.807) is 0 Å². The van der Waals surface area contributed by atoms with E-state index in [4.69, 9.17) is 0 Å². The maximum Gasteiger partial charge on any atom is 0.114 e. The van der Waals surface area contributed by atoms with E-state index < -0.39 is 0 Å². The third kappa shape index (κ3) is 1.20. The predicted molar refractivity (Wildman–Crippen MR) is 56.0 cm³/mol. The Morgan fingerprint density at radius 3 is 3.00 bits per heavy atom. The summed E-state index contributed by atoms with van der Waals surface area (Å²) in [6.07, 6.45) is 2.01. The van der Waals surface area contributed by atoms with Crippen molar-refractivity contribution in [3.05, 3.63) is 21.7 Å². The predicted octanol–water partition coefficient (Wildman–Crippen LogP) is 1.88. The summed E-state index contributed by atoms with van der Waals surface area (Å²) in [7, 11) is 1.92. The molecule has 0 saturated heterocycles. The zero-order chi connectivity index (χ0) is 8.72. The van der Waals surface area contributed by atoms with E-state index in [2.05, 4.69) is 32.7 Å². The van der Waals surface area contributed by atoms with Crippen molar-refractivity contribution in [1.29, 1.82) is 0 Å². The molecule has 2 aromatic rings. The molecule has 0 N–H and O–H groups in total. The van der Waals surface area contributed by atoms with Gasteiger partial charge in [0.05, 0.1) is 5.69 Å². The molecule has 0 aliphatic heterocycles. The molecular weight excluding hydrogens is 265 g/mol.